The maximum Gasteiger partial charge on any atom is 0.407 e. The zero-order valence-electron chi connectivity index (χ0n) is 19.9. The van der Waals surface area contributed by atoms with Crippen LogP contribution in [0.25, 0.3) is 11.1 Å². The number of carboxylic acids is 1. The average Bonchev–Trinajstić information content (AvgIpc) is 3.18. The van der Waals surface area contributed by atoms with Gasteiger partial charge in [0.15, 0.2) is 0 Å². The van der Waals surface area contributed by atoms with Gasteiger partial charge in [-0.1, -0.05) is 54.6 Å². The van der Waals surface area contributed by atoms with E-state index in [-0.39, 0.29) is 25.4 Å². The second-order valence-electron chi connectivity index (χ2n) is 8.42. The minimum atomic E-state index is -1.14. The minimum absolute atomic E-state index is 0.106. The molecule has 186 valence electrons. The van der Waals surface area contributed by atoms with E-state index in [2.05, 4.69) is 29.3 Å². The number of benzene rings is 2. The van der Waals surface area contributed by atoms with Crippen LogP contribution < -0.4 is 10.6 Å². The van der Waals surface area contributed by atoms with Crippen LogP contribution >= 0.6 is 0 Å². The number of aliphatic carboxylic acids is 1. The number of carbonyl (C=O) groups is 3. The summed E-state index contributed by atoms with van der Waals surface area (Å²) in [5.74, 6) is -1.82. The molecule has 8 nitrogen and oxygen atoms in total. The van der Waals surface area contributed by atoms with Crippen LogP contribution in [0.5, 0.6) is 0 Å². The van der Waals surface area contributed by atoms with Crippen LogP contribution in [-0.2, 0) is 19.1 Å². The van der Waals surface area contributed by atoms with E-state index in [1.54, 1.807) is 6.08 Å². The molecule has 2 atom stereocenters. The molecular formula is C27H32N2O6. The van der Waals surface area contributed by atoms with Gasteiger partial charge in [-0.15, -0.1) is 6.58 Å². The Morgan fingerprint density at radius 3 is 2.20 bits per heavy atom. The van der Waals surface area contributed by atoms with Crippen molar-refractivity contribution < 1.29 is 29.0 Å². The summed E-state index contributed by atoms with van der Waals surface area (Å²) in [6.45, 7) is 4.16. The van der Waals surface area contributed by atoms with Crippen molar-refractivity contribution in [2.75, 3.05) is 20.3 Å². The third-order valence-electron chi connectivity index (χ3n) is 6.07. The molecule has 2 unspecified atom stereocenters. The van der Waals surface area contributed by atoms with E-state index >= 15 is 0 Å². The molecule has 8 heteroatoms. The Bertz CT molecular complexity index is 1010. The standard InChI is InChI=1S/C27H32N2O6/c1-3-4-14-23(25(30)28-24(26(31)32)15-9-16-34-2)29-27(33)35-17-22-20-12-7-5-10-18(20)19-11-6-8-13-21(19)22/h3,5-8,10-13,22-24H,1,4,9,14-17H2,2H3,(H,28,30)(H,29,33)(H,31,32). The zero-order chi connectivity index (χ0) is 25.2. The predicted molar refractivity (Wildman–Crippen MR) is 132 cm³/mol. The first-order chi connectivity index (χ1) is 17.0. The summed E-state index contributed by atoms with van der Waals surface area (Å²) in [5, 5.41) is 14.6. The van der Waals surface area contributed by atoms with Crippen LogP contribution in [0.2, 0.25) is 0 Å². The van der Waals surface area contributed by atoms with Crippen molar-refractivity contribution in [3.05, 3.63) is 72.3 Å². The highest BCUT2D eigenvalue weighted by Gasteiger charge is 2.30. The van der Waals surface area contributed by atoms with Crippen molar-refractivity contribution in [3.8, 4) is 11.1 Å². The van der Waals surface area contributed by atoms with E-state index in [4.69, 9.17) is 9.47 Å². The number of methoxy groups -OCH3 is 1. The molecule has 0 saturated heterocycles. The van der Waals surface area contributed by atoms with E-state index in [9.17, 15) is 19.5 Å². The first-order valence-corrected chi connectivity index (χ1v) is 11.7. The van der Waals surface area contributed by atoms with Crippen molar-refractivity contribution in [3.63, 3.8) is 0 Å². The SMILES string of the molecule is C=CCCC(NC(=O)OCC1c2ccccc2-c2ccccc21)C(=O)NC(CCCOC)C(=O)O. The normalized spacial score (nSPS) is 13.7. The highest BCUT2D eigenvalue weighted by molar-refractivity contribution is 5.89. The van der Waals surface area contributed by atoms with Gasteiger partial charge in [0.05, 0.1) is 0 Å². The number of rotatable bonds is 13. The number of ether oxygens (including phenoxy) is 2. The van der Waals surface area contributed by atoms with Crippen LogP contribution in [0.4, 0.5) is 4.79 Å². The smallest absolute Gasteiger partial charge is 0.407 e. The van der Waals surface area contributed by atoms with Gasteiger partial charge in [0.2, 0.25) is 5.91 Å². The first-order valence-electron chi connectivity index (χ1n) is 11.7. The molecule has 0 radical (unpaired) electrons. The maximum absolute atomic E-state index is 12.8. The Labute approximate surface area is 205 Å². The fourth-order valence-electron chi connectivity index (χ4n) is 4.30. The van der Waals surface area contributed by atoms with Gasteiger partial charge in [-0.25, -0.2) is 9.59 Å². The van der Waals surface area contributed by atoms with E-state index in [0.29, 0.717) is 19.4 Å². The number of hydrogen-bond donors (Lipinski definition) is 3. The molecule has 0 spiro atoms. The summed E-state index contributed by atoms with van der Waals surface area (Å²) in [4.78, 5) is 37.0. The quantitative estimate of drug-likeness (QED) is 0.296. The molecular weight excluding hydrogens is 448 g/mol. The van der Waals surface area contributed by atoms with Crippen molar-refractivity contribution in [1.82, 2.24) is 10.6 Å². The summed E-state index contributed by atoms with van der Waals surface area (Å²) in [6.07, 6.45) is 2.32. The number of alkyl carbamates (subject to hydrolysis) is 1. The lowest BCUT2D eigenvalue weighted by Gasteiger charge is -2.21. The van der Waals surface area contributed by atoms with Gasteiger partial charge >= 0.3 is 12.1 Å². The second-order valence-corrected chi connectivity index (χ2v) is 8.42. The Morgan fingerprint density at radius 2 is 1.63 bits per heavy atom. The van der Waals surface area contributed by atoms with Gasteiger partial charge in [-0.3, -0.25) is 4.79 Å². The number of allylic oxidation sites excluding steroid dienone is 1. The Morgan fingerprint density at radius 1 is 1.00 bits per heavy atom. The Kier molecular flexibility index (Phi) is 9.43. The van der Waals surface area contributed by atoms with Gasteiger partial charge in [-0.05, 0) is 47.9 Å². The fraction of sp³-hybridized carbons (Fsp3) is 0.370. The molecule has 35 heavy (non-hydrogen) atoms. The Hall–Kier alpha value is -3.65. The van der Waals surface area contributed by atoms with E-state index < -0.39 is 30.1 Å². The third kappa shape index (κ3) is 6.70. The van der Waals surface area contributed by atoms with Crippen molar-refractivity contribution in [2.24, 2.45) is 0 Å². The van der Waals surface area contributed by atoms with Crippen LogP contribution in [0, 0.1) is 0 Å². The van der Waals surface area contributed by atoms with Gasteiger partial charge in [0, 0.05) is 19.6 Å². The summed E-state index contributed by atoms with van der Waals surface area (Å²) in [6, 6.07) is 14.0. The van der Waals surface area contributed by atoms with Gasteiger partial charge in [0.25, 0.3) is 0 Å². The molecule has 3 rings (SSSR count). The first kappa shape index (κ1) is 26.0. The monoisotopic (exact) mass is 480 g/mol. The molecule has 0 fully saturated rings. The molecule has 0 aliphatic heterocycles. The Balaban J connectivity index is 1.63. The zero-order valence-corrected chi connectivity index (χ0v) is 19.9. The van der Waals surface area contributed by atoms with Gasteiger partial charge in [-0.2, -0.15) is 0 Å². The van der Waals surface area contributed by atoms with Gasteiger partial charge in [0.1, 0.15) is 18.7 Å². The molecule has 2 aromatic rings. The molecule has 0 bridgehead atoms. The van der Waals surface area contributed by atoms with Crippen molar-refractivity contribution in [2.45, 2.75) is 43.7 Å². The van der Waals surface area contributed by atoms with Crippen molar-refractivity contribution >= 4 is 18.0 Å². The number of nitrogens with one attached hydrogen (secondary N) is 2. The lowest BCUT2D eigenvalue weighted by atomic mass is 9.98. The molecule has 0 saturated carbocycles. The predicted octanol–water partition coefficient (Wildman–Crippen LogP) is 3.86. The van der Waals surface area contributed by atoms with E-state index in [0.717, 1.165) is 22.3 Å². The molecule has 2 amide bonds. The molecule has 0 heterocycles. The van der Waals surface area contributed by atoms with Gasteiger partial charge < -0.3 is 25.2 Å². The lowest BCUT2D eigenvalue weighted by molar-refractivity contribution is -0.142. The largest absolute Gasteiger partial charge is 0.480 e. The lowest BCUT2D eigenvalue weighted by Crippen LogP contribution is -2.51. The van der Waals surface area contributed by atoms with E-state index in [1.807, 2.05) is 36.4 Å². The number of carbonyl (C=O) groups excluding carboxylic acids is 2. The fourth-order valence-corrected chi connectivity index (χ4v) is 4.30. The van der Waals surface area contributed by atoms with Crippen LogP contribution in [0.1, 0.15) is 42.7 Å². The maximum atomic E-state index is 12.8. The summed E-state index contributed by atoms with van der Waals surface area (Å²) in [7, 11) is 1.53. The number of carboxylic acid groups (broad SMARTS) is 1. The number of fused-ring (bicyclic) bond motifs is 3. The highest BCUT2D eigenvalue weighted by Crippen LogP contribution is 2.44. The summed E-state index contributed by atoms with van der Waals surface area (Å²) in [5.41, 5.74) is 4.41. The molecule has 3 N–H and O–H groups in total. The van der Waals surface area contributed by atoms with E-state index in [1.165, 1.54) is 7.11 Å². The second kappa shape index (κ2) is 12.7. The van der Waals surface area contributed by atoms with Crippen LogP contribution in [-0.4, -0.2) is 55.5 Å². The number of hydrogen-bond acceptors (Lipinski definition) is 5. The molecule has 2 aromatic carbocycles. The van der Waals surface area contributed by atoms with Crippen molar-refractivity contribution in [1.29, 1.82) is 0 Å². The van der Waals surface area contributed by atoms with Crippen LogP contribution in [0.3, 0.4) is 0 Å². The average molecular weight is 481 g/mol. The molecule has 0 aromatic heterocycles. The third-order valence-corrected chi connectivity index (χ3v) is 6.07. The van der Waals surface area contributed by atoms with Crippen LogP contribution in [0.15, 0.2) is 61.2 Å². The number of amides is 2. The molecule has 1 aliphatic rings. The summed E-state index contributed by atoms with van der Waals surface area (Å²) < 4.78 is 10.5. The summed E-state index contributed by atoms with van der Waals surface area (Å²) >= 11 is 0. The minimum Gasteiger partial charge on any atom is -0.480 e. The topological polar surface area (TPSA) is 114 Å². The molecule has 1 aliphatic carbocycles. The highest BCUT2D eigenvalue weighted by atomic mass is 16.5.